The van der Waals surface area contributed by atoms with Gasteiger partial charge in [-0.25, -0.2) is 0 Å². The van der Waals surface area contributed by atoms with Crippen molar-refractivity contribution in [2.75, 3.05) is 0 Å². The van der Waals surface area contributed by atoms with Gasteiger partial charge in [0.25, 0.3) is 0 Å². The van der Waals surface area contributed by atoms with Gasteiger partial charge in [-0.3, -0.25) is 0 Å². The average Bonchev–Trinajstić information content (AvgIpc) is 2.42. The standard InChI is InChI=1S/C9H10.C8H8.ClH/c1-2-6-9-7-4-3-5-8-9;1-2-8-6-4-3-5-7-8;/h2-5,7-8H,1,6H2;2-7H,1H2;1H. The van der Waals surface area contributed by atoms with Gasteiger partial charge in [-0.15, -0.1) is 19.0 Å². The average molecular weight is 259 g/mol. The van der Waals surface area contributed by atoms with Crippen LogP contribution in [-0.4, -0.2) is 0 Å². The molecule has 0 aromatic heterocycles. The molecule has 0 fully saturated rings. The molecule has 0 saturated carbocycles. The molecule has 2 aromatic rings. The molecular formula is C17H19Cl. The Balaban J connectivity index is 0.000000306. The van der Waals surface area contributed by atoms with Crippen molar-refractivity contribution < 1.29 is 0 Å². The Kier molecular flexibility index (Phi) is 9.34. The van der Waals surface area contributed by atoms with Crippen molar-refractivity contribution >= 4 is 18.5 Å². The molecule has 0 atom stereocenters. The van der Waals surface area contributed by atoms with Crippen LogP contribution in [0.15, 0.2) is 79.9 Å². The highest BCUT2D eigenvalue weighted by atomic mass is 35.5. The lowest BCUT2D eigenvalue weighted by molar-refractivity contribution is 1.28. The minimum atomic E-state index is 0. The van der Waals surface area contributed by atoms with E-state index in [1.165, 1.54) is 11.1 Å². The minimum Gasteiger partial charge on any atom is -0.147 e. The predicted molar refractivity (Wildman–Crippen MR) is 84.1 cm³/mol. The Morgan fingerprint density at radius 3 is 1.67 bits per heavy atom. The summed E-state index contributed by atoms with van der Waals surface area (Å²) in [5, 5.41) is 0. The van der Waals surface area contributed by atoms with Crippen molar-refractivity contribution in [2.24, 2.45) is 0 Å². The molecule has 18 heavy (non-hydrogen) atoms. The Morgan fingerprint density at radius 1 is 0.778 bits per heavy atom. The van der Waals surface area contributed by atoms with Gasteiger partial charge in [0, 0.05) is 0 Å². The maximum absolute atomic E-state index is 3.66. The van der Waals surface area contributed by atoms with Crippen molar-refractivity contribution in [1.82, 2.24) is 0 Å². The number of hydrogen-bond acceptors (Lipinski definition) is 0. The third kappa shape index (κ3) is 6.72. The first-order valence-electron chi connectivity index (χ1n) is 5.69. The van der Waals surface area contributed by atoms with Gasteiger partial charge >= 0.3 is 0 Å². The van der Waals surface area contributed by atoms with Gasteiger partial charge in [0.05, 0.1) is 0 Å². The fourth-order valence-electron chi connectivity index (χ4n) is 1.37. The lowest BCUT2D eigenvalue weighted by atomic mass is 10.2. The zero-order valence-electron chi connectivity index (χ0n) is 10.5. The molecule has 0 nitrogen and oxygen atoms in total. The monoisotopic (exact) mass is 258 g/mol. The van der Waals surface area contributed by atoms with Crippen LogP contribution in [-0.2, 0) is 6.42 Å². The molecule has 0 radical (unpaired) electrons. The fraction of sp³-hybridized carbons (Fsp3) is 0.0588. The van der Waals surface area contributed by atoms with Crippen LogP contribution < -0.4 is 0 Å². The normalized spacial score (nSPS) is 8.22. The number of allylic oxidation sites excluding steroid dienone is 1. The number of rotatable bonds is 3. The molecule has 2 rings (SSSR count). The molecule has 0 spiro atoms. The molecule has 1 heteroatoms. The second-order valence-corrected chi connectivity index (χ2v) is 3.59. The first kappa shape index (κ1) is 16.2. The van der Waals surface area contributed by atoms with Crippen molar-refractivity contribution in [1.29, 1.82) is 0 Å². The summed E-state index contributed by atoms with van der Waals surface area (Å²) in [6.45, 7) is 7.29. The Morgan fingerprint density at radius 2 is 1.28 bits per heavy atom. The van der Waals surface area contributed by atoms with E-state index in [4.69, 9.17) is 0 Å². The minimum absolute atomic E-state index is 0. The first-order valence-corrected chi connectivity index (χ1v) is 5.69. The number of benzene rings is 2. The van der Waals surface area contributed by atoms with Crippen molar-refractivity contribution in [3.63, 3.8) is 0 Å². The molecule has 0 N–H and O–H groups in total. The fourth-order valence-corrected chi connectivity index (χ4v) is 1.37. The second kappa shape index (κ2) is 10.4. The Hall–Kier alpha value is -1.79. The molecule has 0 aliphatic carbocycles. The highest BCUT2D eigenvalue weighted by molar-refractivity contribution is 5.85. The molecule has 0 aliphatic heterocycles. The number of halogens is 1. The van der Waals surface area contributed by atoms with Gasteiger partial charge in [-0.05, 0) is 17.5 Å². The first-order chi connectivity index (χ1) is 8.36. The summed E-state index contributed by atoms with van der Waals surface area (Å²) in [5.41, 5.74) is 2.50. The largest absolute Gasteiger partial charge is 0.147 e. The van der Waals surface area contributed by atoms with Crippen LogP contribution in [0.3, 0.4) is 0 Å². The van der Waals surface area contributed by atoms with Crippen LogP contribution >= 0.6 is 12.4 Å². The summed E-state index contributed by atoms with van der Waals surface area (Å²) in [6.07, 6.45) is 4.72. The van der Waals surface area contributed by atoms with Crippen molar-refractivity contribution in [3.8, 4) is 0 Å². The maximum atomic E-state index is 3.66. The van der Waals surface area contributed by atoms with Crippen LogP contribution in [0.2, 0.25) is 0 Å². The lowest BCUT2D eigenvalue weighted by Crippen LogP contribution is -1.75. The van der Waals surface area contributed by atoms with E-state index in [-0.39, 0.29) is 12.4 Å². The van der Waals surface area contributed by atoms with E-state index in [9.17, 15) is 0 Å². The van der Waals surface area contributed by atoms with Crippen LogP contribution in [0.25, 0.3) is 6.08 Å². The third-order valence-electron chi connectivity index (χ3n) is 2.26. The zero-order chi connectivity index (χ0) is 12.3. The van der Waals surface area contributed by atoms with E-state index in [2.05, 4.69) is 25.3 Å². The van der Waals surface area contributed by atoms with Crippen LogP contribution in [0.4, 0.5) is 0 Å². The van der Waals surface area contributed by atoms with E-state index in [1.54, 1.807) is 0 Å². The van der Waals surface area contributed by atoms with E-state index in [0.717, 1.165) is 6.42 Å². The van der Waals surface area contributed by atoms with Gasteiger partial charge in [-0.1, -0.05) is 79.4 Å². The quantitative estimate of drug-likeness (QED) is 0.667. The molecule has 0 saturated heterocycles. The lowest BCUT2D eigenvalue weighted by Gasteiger charge is -1.91. The van der Waals surface area contributed by atoms with Gasteiger partial charge < -0.3 is 0 Å². The van der Waals surface area contributed by atoms with Crippen LogP contribution in [0.5, 0.6) is 0 Å². The summed E-state index contributed by atoms with van der Waals surface area (Å²) in [4.78, 5) is 0. The van der Waals surface area contributed by atoms with E-state index in [0.29, 0.717) is 0 Å². The topological polar surface area (TPSA) is 0 Å². The molecule has 2 aromatic carbocycles. The van der Waals surface area contributed by atoms with Crippen LogP contribution in [0.1, 0.15) is 11.1 Å². The molecular weight excluding hydrogens is 240 g/mol. The van der Waals surface area contributed by atoms with Gasteiger partial charge in [-0.2, -0.15) is 0 Å². The zero-order valence-corrected chi connectivity index (χ0v) is 11.3. The summed E-state index contributed by atoms with van der Waals surface area (Å²) < 4.78 is 0. The van der Waals surface area contributed by atoms with E-state index in [1.807, 2.05) is 60.7 Å². The second-order valence-electron chi connectivity index (χ2n) is 3.59. The van der Waals surface area contributed by atoms with Crippen LogP contribution in [0, 0.1) is 0 Å². The number of hydrogen-bond donors (Lipinski definition) is 0. The van der Waals surface area contributed by atoms with Crippen molar-refractivity contribution in [3.05, 3.63) is 91.0 Å². The molecule has 0 bridgehead atoms. The maximum Gasteiger partial charge on any atom is -0.0100 e. The molecule has 0 heterocycles. The summed E-state index contributed by atoms with van der Waals surface area (Å²) in [7, 11) is 0. The van der Waals surface area contributed by atoms with E-state index < -0.39 is 0 Å². The third-order valence-corrected chi connectivity index (χ3v) is 2.26. The predicted octanol–water partition coefficient (Wildman–Crippen LogP) is 5.17. The molecule has 0 amide bonds. The summed E-state index contributed by atoms with van der Waals surface area (Å²) in [6, 6.07) is 20.3. The highest BCUT2D eigenvalue weighted by Crippen LogP contribution is 1.98. The smallest absolute Gasteiger partial charge is 0.0100 e. The SMILES string of the molecule is C=CCc1ccccc1.C=Cc1ccccc1.Cl. The van der Waals surface area contributed by atoms with Gasteiger partial charge in [0.1, 0.15) is 0 Å². The molecule has 0 aliphatic rings. The van der Waals surface area contributed by atoms with Gasteiger partial charge in [0.15, 0.2) is 0 Å². The van der Waals surface area contributed by atoms with Crippen molar-refractivity contribution in [2.45, 2.75) is 6.42 Å². The Bertz CT molecular complexity index is 432. The summed E-state index contributed by atoms with van der Waals surface area (Å²) in [5.74, 6) is 0. The van der Waals surface area contributed by atoms with E-state index >= 15 is 0 Å². The summed E-state index contributed by atoms with van der Waals surface area (Å²) >= 11 is 0. The molecule has 0 unspecified atom stereocenters. The van der Waals surface area contributed by atoms with Gasteiger partial charge in [0.2, 0.25) is 0 Å². The molecule has 94 valence electrons. The highest BCUT2D eigenvalue weighted by Gasteiger charge is 1.82. The Labute approximate surface area is 116 Å².